The highest BCUT2D eigenvalue weighted by Gasteiger charge is 2.15. The van der Waals surface area contributed by atoms with Gasteiger partial charge in [-0.05, 0) is 17.7 Å². The second kappa shape index (κ2) is 6.66. The fraction of sp³-hybridized carbons (Fsp3) is 0.200. The minimum Gasteiger partial charge on any atom is -0.481 e. The number of nitrogens with zero attached hydrogens (tertiary/aromatic N) is 1. The predicted octanol–water partition coefficient (Wildman–Crippen LogP) is 2.39. The van der Waals surface area contributed by atoms with E-state index in [9.17, 15) is 4.79 Å². The molecule has 0 aliphatic heterocycles. The molecular weight excluding hydrogens is 240 g/mol. The van der Waals surface area contributed by atoms with E-state index in [0.29, 0.717) is 6.54 Å². The molecule has 0 fully saturated rings. The molecule has 0 bridgehead atoms. The van der Waals surface area contributed by atoms with Gasteiger partial charge in [-0.2, -0.15) is 0 Å². The predicted molar refractivity (Wildman–Crippen MR) is 72.5 cm³/mol. The first kappa shape index (κ1) is 13.2. The molecule has 19 heavy (non-hydrogen) atoms. The fourth-order valence-electron chi connectivity index (χ4n) is 1.87. The lowest BCUT2D eigenvalue weighted by molar-refractivity contribution is -0.137. The van der Waals surface area contributed by atoms with E-state index in [1.165, 1.54) is 0 Å². The molecule has 0 amide bonds. The topological polar surface area (TPSA) is 62.2 Å². The van der Waals surface area contributed by atoms with Crippen molar-refractivity contribution in [1.82, 2.24) is 10.3 Å². The highest BCUT2D eigenvalue weighted by molar-refractivity contribution is 5.67. The van der Waals surface area contributed by atoms with Crippen LogP contribution in [-0.2, 0) is 11.3 Å². The van der Waals surface area contributed by atoms with Crippen LogP contribution >= 0.6 is 0 Å². The number of carboxylic acids is 1. The smallest absolute Gasteiger partial charge is 0.305 e. The van der Waals surface area contributed by atoms with Crippen molar-refractivity contribution in [1.29, 1.82) is 0 Å². The van der Waals surface area contributed by atoms with Gasteiger partial charge in [-0.3, -0.25) is 9.78 Å². The summed E-state index contributed by atoms with van der Waals surface area (Å²) in [4.78, 5) is 15.1. The highest BCUT2D eigenvalue weighted by Crippen LogP contribution is 2.15. The fourth-order valence-corrected chi connectivity index (χ4v) is 1.87. The Bertz CT molecular complexity index is 514. The van der Waals surface area contributed by atoms with Crippen LogP contribution < -0.4 is 5.32 Å². The molecule has 0 saturated heterocycles. The Kier molecular flexibility index (Phi) is 4.64. The van der Waals surface area contributed by atoms with Crippen molar-refractivity contribution in [2.24, 2.45) is 0 Å². The monoisotopic (exact) mass is 256 g/mol. The molecule has 0 aliphatic rings. The van der Waals surface area contributed by atoms with E-state index < -0.39 is 5.97 Å². The van der Waals surface area contributed by atoms with Gasteiger partial charge in [0.05, 0.1) is 18.2 Å². The molecule has 2 aromatic rings. The summed E-state index contributed by atoms with van der Waals surface area (Å²) in [6, 6.07) is 15.1. The number of nitrogens with one attached hydrogen (secondary N) is 1. The van der Waals surface area contributed by atoms with Gasteiger partial charge >= 0.3 is 5.97 Å². The Hall–Kier alpha value is -2.20. The first-order valence-electron chi connectivity index (χ1n) is 6.16. The first-order valence-corrected chi connectivity index (χ1v) is 6.16. The quantitative estimate of drug-likeness (QED) is 0.833. The Morgan fingerprint density at radius 2 is 1.89 bits per heavy atom. The van der Waals surface area contributed by atoms with Gasteiger partial charge in [0, 0.05) is 12.7 Å². The average molecular weight is 256 g/mol. The maximum Gasteiger partial charge on any atom is 0.305 e. The summed E-state index contributed by atoms with van der Waals surface area (Å²) in [5.41, 5.74) is 1.87. The van der Waals surface area contributed by atoms with E-state index in [2.05, 4.69) is 10.3 Å². The van der Waals surface area contributed by atoms with Crippen LogP contribution in [0, 0.1) is 0 Å². The van der Waals surface area contributed by atoms with Gasteiger partial charge < -0.3 is 10.4 Å². The van der Waals surface area contributed by atoms with E-state index in [0.717, 1.165) is 11.3 Å². The minimum atomic E-state index is -0.837. The molecule has 0 spiro atoms. The normalized spacial score (nSPS) is 12.0. The van der Waals surface area contributed by atoms with Crippen molar-refractivity contribution in [3.8, 4) is 0 Å². The SMILES string of the molecule is O=C(O)CC(NCc1ccccc1)c1ccccn1. The van der Waals surface area contributed by atoms with Gasteiger partial charge in [-0.25, -0.2) is 0 Å². The number of benzene rings is 1. The molecule has 1 heterocycles. The standard InChI is InChI=1S/C15H16N2O2/c18-15(19)10-14(13-8-4-5-9-16-13)17-11-12-6-2-1-3-7-12/h1-9,14,17H,10-11H2,(H,18,19). The van der Waals surface area contributed by atoms with Crippen molar-refractivity contribution in [3.05, 3.63) is 66.0 Å². The number of aromatic nitrogens is 1. The second-order valence-electron chi connectivity index (χ2n) is 4.27. The third-order valence-corrected chi connectivity index (χ3v) is 2.82. The zero-order chi connectivity index (χ0) is 13.5. The molecular formula is C15H16N2O2. The van der Waals surface area contributed by atoms with Crippen LogP contribution in [-0.4, -0.2) is 16.1 Å². The molecule has 4 nitrogen and oxygen atoms in total. The van der Waals surface area contributed by atoms with E-state index >= 15 is 0 Å². The number of aliphatic carboxylic acids is 1. The van der Waals surface area contributed by atoms with Crippen LogP contribution in [0.2, 0.25) is 0 Å². The summed E-state index contributed by atoms with van der Waals surface area (Å²) >= 11 is 0. The number of rotatable bonds is 6. The summed E-state index contributed by atoms with van der Waals surface area (Å²) in [6.45, 7) is 0.620. The Morgan fingerprint density at radius 3 is 2.53 bits per heavy atom. The van der Waals surface area contributed by atoms with Crippen LogP contribution in [0.5, 0.6) is 0 Å². The van der Waals surface area contributed by atoms with Gasteiger partial charge in [0.1, 0.15) is 0 Å². The number of carbonyl (C=O) groups is 1. The Balaban J connectivity index is 2.04. The summed E-state index contributed by atoms with van der Waals surface area (Å²) in [7, 11) is 0. The van der Waals surface area contributed by atoms with Crippen molar-refractivity contribution in [3.63, 3.8) is 0 Å². The summed E-state index contributed by atoms with van der Waals surface area (Å²) in [5, 5.41) is 12.2. The number of hydrogen-bond donors (Lipinski definition) is 2. The molecule has 1 unspecified atom stereocenters. The van der Waals surface area contributed by atoms with E-state index in [1.807, 2.05) is 48.5 Å². The molecule has 1 aromatic heterocycles. The van der Waals surface area contributed by atoms with Gasteiger partial charge in [-0.15, -0.1) is 0 Å². The number of carboxylic acid groups (broad SMARTS) is 1. The zero-order valence-electron chi connectivity index (χ0n) is 10.5. The molecule has 1 atom stereocenters. The Labute approximate surface area is 112 Å². The third kappa shape index (κ3) is 4.19. The van der Waals surface area contributed by atoms with Gasteiger partial charge in [0.15, 0.2) is 0 Å². The largest absolute Gasteiger partial charge is 0.481 e. The second-order valence-corrected chi connectivity index (χ2v) is 4.27. The average Bonchev–Trinajstić information content (AvgIpc) is 2.45. The molecule has 98 valence electrons. The van der Waals surface area contributed by atoms with E-state index in [-0.39, 0.29) is 12.5 Å². The van der Waals surface area contributed by atoms with Crippen LogP contribution in [0.1, 0.15) is 23.7 Å². The van der Waals surface area contributed by atoms with Crippen molar-refractivity contribution >= 4 is 5.97 Å². The minimum absolute atomic E-state index is 0.0177. The lowest BCUT2D eigenvalue weighted by atomic mass is 10.1. The Morgan fingerprint density at radius 1 is 1.16 bits per heavy atom. The number of hydrogen-bond acceptors (Lipinski definition) is 3. The van der Waals surface area contributed by atoms with Crippen molar-refractivity contribution < 1.29 is 9.90 Å². The van der Waals surface area contributed by atoms with Crippen LogP contribution in [0.15, 0.2) is 54.7 Å². The molecule has 1 aromatic carbocycles. The summed E-state index contributed by atoms with van der Waals surface area (Å²) in [5.74, 6) is -0.837. The van der Waals surface area contributed by atoms with Crippen LogP contribution in [0.25, 0.3) is 0 Å². The van der Waals surface area contributed by atoms with Gasteiger partial charge in [0.25, 0.3) is 0 Å². The molecule has 2 N–H and O–H groups in total. The lowest BCUT2D eigenvalue weighted by Crippen LogP contribution is -2.24. The van der Waals surface area contributed by atoms with Crippen LogP contribution in [0.3, 0.4) is 0 Å². The summed E-state index contributed by atoms with van der Waals surface area (Å²) in [6.07, 6.45) is 1.69. The molecule has 0 radical (unpaired) electrons. The molecule has 4 heteroatoms. The number of pyridine rings is 1. The van der Waals surface area contributed by atoms with Crippen LogP contribution in [0.4, 0.5) is 0 Å². The highest BCUT2D eigenvalue weighted by atomic mass is 16.4. The zero-order valence-corrected chi connectivity index (χ0v) is 10.5. The van der Waals surface area contributed by atoms with Gasteiger partial charge in [0.2, 0.25) is 0 Å². The van der Waals surface area contributed by atoms with Crippen molar-refractivity contribution in [2.45, 2.75) is 19.0 Å². The summed E-state index contributed by atoms with van der Waals surface area (Å²) < 4.78 is 0. The van der Waals surface area contributed by atoms with E-state index in [4.69, 9.17) is 5.11 Å². The molecule has 0 saturated carbocycles. The molecule has 2 rings (SSSR count). The maximum atomic E-state index is 10.9. The third-order valence-electron chi connectivity index (χ3n) is 2.82. The first-order chi connectivity index (χ1) is 9.25. The maximum absolute atomic E-state index is 10.9. The van der Waals surface area contributed by atoms with E-state index in [1.54, 1.807) is 6.20 Å². The molecule has 0 aliphatic carbocycles. The lowest BCUT2D eigenvalue weighted by Gasteiger charge is -2.16. The van der Waals surface area contributed by atoms with Crippen molar-refractivity contribution in [2.75, 3.05) is 0 Å². The van der Waals surface area contributed by atoms with Gasteiger partial charge in [-0.1, -0.05) is 36.4 Å².